The Morgan fingerprint density at radius 3 is 2.52 bits per heavy atom. The SMILES string of the molecule is COc1ccc(C(O)c2nc3ccccc3s2)cc1OC. The third kappa shape index (κ3) is 2.57. The first-order chi connectivity index (χ1) is 10.2. The predicted molar refractivity (Wildman–Crippen MR) is 83.2 cm³/mol. The third-order valence-corrected chi connectivity index (χ3v) is 4.36. The molecule has 1 unspecified atom stereocenters. The Kier molecular flexibility index (Phi) is 3.77. The fourth-order valence-corrected chi connectivity index (χ4v) is 3.15. The van der Waals surface area contributed by atoms with E-state index in [1.54, 1.807) is 26.4 Å². The van der Waals surface area contributed by atoms with Crippen molar-refractivity contribution in [1.82, 2.24) is 4.98 Å². The molecule has 2 aromatic carbocycles. The number of thiazole rings is 1. The highest BCUT2D eigenvalue weighted by Gasteiger charge is 2.17. The molecule has 0 aliphatic heterocycles. The van der Waals surface area contributed by atoms with Gasteiger partial charge in [0, 0.05) is 0 Å². The van der Waals surface area contributed by atoms with Gasteiger partial charge in [0.1, 0.15) is 11.1 Å². The standard InChI is InChI=1S/C16H15NO3S/c1-19-12-8-7-10(9-13(12)20-2)15(18)16-17-11-5-3-4-6-14(11)21-16/h3-9,15,18H,1-2H3. The van der Waals surface area contributed by atoms with Crippen LogP contribution >= 0.6 is 11.3 Å². The lowest BCUT2D eigenvalue weighted by atomic mass is 10.1. The van der Waals surface area contributed by atoms with Crippen LogP contribution < -0.4 is 9.47 Å². The second-order valence-corrected chi connectivity index (χ2v) is 5.60. The normalized spacial score (nSPS) is 12.3. The van der Waals surface area contributed by atoms with Gasteiger partial charge in [-0.15, -0.1) is 11.3 Å². The highest BCUT2D eigenvalue weighted by Crippen LogP contribution is 2.34. The number of aliphatic hydroxyl groups is 1. The molecule has 0 amide bonds. The van der Waals surface area contributed by atoms with E-state index < -0.39 is 6.10 Å². The molecular formula is C16H15NO3S. The minimum atomic E-state index is -0.776. The van der Waals surface area contributed by atoms with Crippen LogP contribution in [-0.4, -0.2) is 24.3 Å². The summed E-state index contributed by atoms with van der Waals surface area (Å²) in [5.74, 6) is 1.23. The van der Waals surface area contributed by atoms with Crippen LogP contribution in [0.15, 0.2) is 42.5 Å². The quantitative estimate of drug-likeness (QED) is 0.802. The van der Waals surface area contributed by atoms with E-state index >= 15 is 0 Å². The number of aliphatic hydroxyl groups excluding tert-OH is 1. The molecule has 0 fully saturated rings. The number of fused-ring (bicyclic) bond motifs is 1. The molecule has 0 saturated heterocycles. The number of hydrogen-bond acceptors (Lipinski definition) is 5. The average Bonchev–Trinajstić information content (AvgIpc) is 2.97. The van der Waals surface area contributed by atoms with Crippen molar-refractivity contribution in [1.29, 1.82) is 0 Å². The first kappa shape index (κ1) is 13.9. The number of hydrogen-bond donors (Lipinski definition) is 1. The number of aromatic nitrogens is 1. The highest BCUT2D eigenvalue weighted by molar-refractivity contribution is 7.18. The van der Waals surface area contributed by atoms with E-state index in [0.29, 0.717) is 16.5 Å². The molecule has 0 aliphatic carbocycles. The molecule has 0 radical (unpaired) electrons. The summed E-state index contributed by atoms with van der Waals surface area (Å²) < 4.78 is 11.5. The average molecular weight is 301 g/mol. The summed E-state index contributed by atoms with van der Waals surface area (Å²) in [6.07, 6.45) is -0.776. The zero-order valence-corrected chi connectivity index (χ0v) is 12.6. The molecule has 21 heavy (non-hydrogen) atoms. The van der Waals surface area contributed by atoms with Gasteiger partial charge in [-0.25, -0.2) is 4.98 Å². The van der Waals surface area contributed by atoms with Gasteiger partial charge < -0.3 is 14.6 Å². The highest BCUT2D eigenvalue weighted by atomic mass is 32.1. The van der Waals surface area contributed by atoms with Crippen LogP contribution in [0.1, 0.15) is 16.7 Å². The first-order valence-corrected chi connectivity index (χ1v) is 7.30. The van der Waals surface area contributed by atoms with Crippen molar-refractivity contribution in [2.45, 2.75) is 6.10 Å². The summed E-state index contributed by atoms with van der Waals surface area (Å²) >= 11 is 1.49. The van der Waals surface area contributed by atoms with Gasteiger partial charge in [-0.2, -0.15) is 0 Å². The lowest BCUT2D eigenvalue weighted by Gasteiger charge is -2.12. The molecule has 1 atom stereocenters. The lowest BCUT2D eigenvalue weighted by Crippen LogP contribution is -2.00. The second kappa shape index (κ2) is 5.71. The van der Waals surface area contributed by atoms with E-state index in [9.17, 15) is 5.11 Å². The Morgan fingerprint density at radius 2 is 1.81 bits per heavy atom. The van der Waals surface area contributed by atoms with Crippen LogP contribution in [0.25, 0.3) is 10.2 Å². The maximum atomic E-state index is 10.5. The Morgan fingerprint density at radius 1 is 1.05 bits per heavy atom. The zero-order valence-electron chi connectivity index (χ0n) is 11.7. The van der Waals surface area contributed by atoms with Crippen molar-refractivity contribution < 1.29 is 14.6 Å². The number of para-hydroxylation sites is 1. The van der Waals surface area contributed by atoms with E-state index in [0.717, 1.165) is 15.8 Å². The third-order valence-electron chi connectivity index (χ3n) is 3.27. The zero-order chi connectivity index (χ0) is 14.8. The molecule has 1 heterocycles. The van der Waals surface area contributed by atoms with E-state index in [4.69, 9.17) is 9.47 Å². The molecule has 108 valence electrons. The van der Waals surface area contributed by atoms with Crippen molar-refractivity contribution in [3.05, 3.63) is 53.0 Å². The molecule has 3 aromatic rings. The van der Waals surface area contributed by atoms with Gasteiger partial charge in [-0.3, -0.25) is 0 Å². The van der Waals surface area contributed by atoms with Crippen LogP contribution in [0.3, 0.4) is 0 Å². The molecule has 0 saturated carbocycles. The number of benzene rings is 2. The summed E-state index contributed by atoms with van der Waals surface area (Å²) in [6.45, 7) is 0. The van der Waals surface area contributed by atoms with E-state index in [-0.39, 0.29) is 0 Å². The molecule has 1 aromatic heterocycles. The molecule has 3 rings (SSSR count). The van der Waals surface area contributed by atoms with Gasteiger partial charge in [-0.1, -0.05) is 18.2 Å². The summed E-state index contributed by atoms with van der Waals surface area (Å²) in [5, 5.41) is 11.2. The Bertz CT molecular complexity index is 736. The van der Waals surface area contributed by atoms with Crippen molar-refractivity contribution in [3.8, 4) is 11.5 Å². The number of rotatable bonds is 4. The Hall–Kier alpha value is -2.11. The predicted octanol–water partition coefficient (Wildman–Crippen LogP) is 3.40. The van der Waals surface area contributed by atoms with Gasteiger partial charge in [0.15, 0.2) is 11.5 Å². The molecule has 0 bridgehead atoms. The largest absolute Gasteiger partial charge is 0.493 e. The number of ether oxygens (including phenoxy) is 2. The maximum Gasteiger partial charge on any atom is 0.161 e. The van der Waals surface area contributed by atoms with Gasteiger partial charge in [0.05, 0.1) is 24.4 Å². The summed E-state index contributed by atoms with van der Waals surface area (Å²) in [7, 11) is 3.16. The molecule has 5 heteroatoms. The van der Waals surface area contributed by atoms with Crippen molar-refractivity contribution in [2.24, 2.45) is 0 Å². The van der Waals surface area contributed by atoms with Crippen molar-refractivity contribution in [2.75, 3.05) is 14.2 Å². The first-order valence-electron chi connectivity index (χ1n) is 6.48. The van der Waals surface area contributed by atoms with Crippen LogP contribution in [0.5, 0.6) is 11.5 Å². The van der Waals surface area contributed by atoms with Crippen LogP contribution in [0.2, 0.25) is 0 Å². The summed E-state index contributed by atoms with van der Waals surface area (Å²) in [5.41, 5.74) is 1.63. The van der Waals surface area contributed by atoms with Crippen LogP contribution in [0.4, 0.5) is 0 Å². The number of nitrogens with zero attached hydrogens (tertiary/aromatic N) is 1. The molecule has 4 nitrogen and oxygen atoms in total. The fourth-order valence-electron chi connectivity index (χ4n) is 2.17. The topological polar surface area (TPSA) is 51.6 Å². The minimum absolute atomic E-state index is 0.593. The van der Waals surface area contributed by atoms with Crippen molar-refractivity contribution >= 4 is 21.6 Å². The van der Waals surface area contributed by atoms with Gasteiger partial charge in [-0.05, 0) is 29.8 Å². The molecule has 1 N–H and O–H groups in total. The van der Waals surface area contributed by atoms with E-state index in [1.165, 1.54) is 11.3 Å². The summed E-state index contributed by atoms with van der Waals surface area (Å²) in [4.78, 5) is 4.48. The van der Waals surface area contributed by atoms with Gasteiger partial charge >= 0.3 is 0 Å². The maximum absolute atomic E-state index is 10.5. The van der Waals surface area contributed by atoms with Crippen LogP contribution in [0, 0.1) is 0 Å². The smallest absolute Gasteiger partial charge is 0.161 e. The molecule has 0 aliphatic rings. The van der Waals surface area contributed by atoms with Crippen molar-refractivity contribution in [3.63, 3.8) is 0 Å². The Labute approximate surface area is 126 Å². The molecule has 0 spiro atoms. The lowest BCUT2D eigenvalue weighted by molar-refractivity contribution is 0.219. The monoisotopic (exact) mass is 301 g/mol. The van der Waals surface area contributed by atoms with E-state index in [1.807, 2.05) is 30.3 Å². The Balaban J connectivity index is 1.99. The second-order valence-electron chi connectivity index (χ2n) is 4.54. The number of methoxy groups -OCH3 is 2. The van der Waals surface area contributed by atoms with Gasteiger partial charge in [0.2, 0.25) is 0 Å². The van der Waals surface area contributed by atoms with E-state index in [2.05, 4.69) is 4.98 Å². The van der Waals surface area contributed by atoms with Gasteiger partial charge in [0.25, 0.3) is 0 Å². The minimum Gasteiger partial charge on any atom is -0.493 e. The summed E-state index contributed by atoms with van der Waals surface area (Å²) in [6, 6.07) is 13.2. The fraction of sp³-hybridized carbons (Fsp3) is 0.188. The molecular weight excluding hydrogens is 286 g/mol. The van der Waals surface area contributed by atoms with Crippen LogP contribution in [-0.2, 0) is 0 Å².